The van der Waals surface area contributed by atoms with Crippen molar-refractivity contribution in [2.75, 3.05) is 0 Å². The molecule has 0 N–H and O–H groups in total. The molecule has 1 aromatic rings. The molecule has 76 valence electrons. The zero-order valence-corrected chi connectivity index (χ0v) is 9.94. The number of thiol groups is 2. The first-order valence-electron chi connectivity index (χ1n) is 4.71. The van der Waals surface area contributed by atoms with E-state index in [1.165, 1.54) is 0 Å². The molecular formula is C11H14OS2. The van der Waals surface area contributed by atoms with E-state index in [1.54, 1.807) is 6.07 Å². The summed E-state index contributed by atoms with van der Waals surface area (Å²) < 4.78 is 0. The van der Waals surface area contributed by atoms with Crippen molar-refractivity contribution in [1.82, 2.24) is 0 Å². The standard InChI is InChI=1S/C11H14OS2/c1-2-3-5-8-9(11(12)14)6-4-7-10(8)13/h4,6-7,13H,2-3,5H2,1H3,(H,12,14). The third kappa shape index (κ3) is 2.79. The summed E-state index contributed by atoms with van der Waals surface area (Å²) >= 11 is 8.20. The van der Waals surface area contributed by atoms with Crippen molar-refractivity contribution >= 4 is 30.4 Å². The first kappa shape index (κ1) is 11.7. The van der Waals surface area contributed by atoms with Crippen molar-refractivity contribution in [1.29, 1.82) is 0 Å². The molecule has 0 aromatic heterocycles. The summed E-state index contributed by atoms with van der Waals surface area (Å²) in [4.78, 5) is 12.1. The van der Waals surface area contributed by atoms with E-state index in [4.69, 9.17) is 0 Å². The monoisotopic (exact) mass is 226 g/mol. The number of hydrogen-bond donors (Lipinski definition) is 2. The molecule has 0 amide bonds. The number of rotatable bonds is 4. The third-order valence-corrected chi connectivity index (χ3v) is 2.82. The van der Waals surface area contributed by atoms with Crippen LogP contribution in [0.3, 0.4) is 0 Å². The molecule has 1 rings (SSSR count). The lowest BCUT2D eigenvalue weighted by Gasteiger charge is -2.08. The van der Waals surface area contributed by atoms with Gasteiger partial charge in [0, 0.05) is 10.5 Å². The van der Waals surface area contributed by atoms with Gasteiger partial charge in [-0.15, -0.1) is 25.3 Å². The minimum absolute atomic E-state index is 0.174. The second kappa shape index (κ2) is 5.47. The number of carbonyl (C=O) groups excluding carboxylic acids is 1. The quantitative estimate of drug-likeness (QED) is 0.753. The zero-order chi connectivity index (χ0) is 10.6. The van der Waals surface area contributed by atoms with Crippen LogP contribution >= 0.6 is 25.3 Å². The van der Waals surface area contributed by atoms with Gasteiger partial charge in [-0.2, -0.15) is 0 Å². The van der Waals surface area contributed by atoms with Gasteiger partial charge >= 0.3 is 0 Å². The molecule has 0 aliphatic rings. The van der Waals surface area contributed by atoms with Crippen molar-refractivity contribution in [3.05, 3.63) is 29.3 Å². The Morgan fingerprint density at radius 2 is 2.14 bits per heavy atom. The van der Waals surface area contributed by atoms with Crippen LogP contribution in [-0.2, 0) is 6.42 Å². The van der Waals surface area contributed by atoms with Crippen LogP contribution < -0.4 is 0 Å². The lowest BCUT2D eigenvalue weighted by molar-refractivity contribution is 0.109. The molecule has 1 nitrogen and oxygen atoms in total. The predicted molar refractivity (Wildman–Crippen MR) is 65.6 cm³/mol. The summed E-state index contributed by atoms with van der Waals surface area (Å²) in [5.41, 5.74) is 1.71. The van der Waals surface area contributed by atoms with Gasteiger partial charge in [0.25, 0.3) is 0 Å². The molecule has 14 heavy (non-hydrogen) atoms. The van der Waals surface area contributed by atoms with Crippen LogP contribution in [-0.4, -0.2) is 5.12 Å². The third-order valence-electron chi connectivity index (χ3n) is 2.16. The van der Waals surface area contributed by atoms with Gasteiger partial charge in [-0.05, 0) is 24.5 Å². The lowest BCUT2D eigenvalue weighted by atomic mass is 10.0. The largest absolute Gasteiger partial charge is 0.282 e. The first-order valence-corrected chi connectivity index (χ1v) is 5.60. The Morgan fingerprint density at radius 1 is 1.43 bits per heavy atom. The highest BCUT2D eigenvalue weighted by Crippen LogP contribution is 2.21. The van der Waals surface area contributed by atoms with Gasteiger partial charge in [0.15, 0.2) is 0 Å². The molecule has 3 heteroatoms. The van der Waals surface area contributed by atoms with Crippen molar-refractivity contribution < 1.29 is 4.79 Å². The van der Waals surface area contributed by atoms with Gasteiger partial charge in [-0.1, -0.05) is 25.5 Å². The van der Waals surface area contributed by atoms with Crippen LogP contribution in [0.15, 0.2) is 23.1 Å². The highest BCUT2D eigenvalue weighted by atomic mass is 32.1. The van der Waals surface area contributed by atoms with E-state index in [9.17, 15) is 4.79 Å². The fraction of sp³-hybridized carbons (Fsp3) is 0.364. The number of carbonyl (C=O) groups is 1. The normalized spacial score (nSPS) is 10.2. The Hall–Kier alpha value is -0.410. The molecule has 1 aromatic carbocycles. The summed E-state index contributed by atoms with van der Waals surface area (Å²) in [6, 6.07) is 5.55. The topological polar surface area (TPSA) is 17.1 Å². The van der Waals surface area contributed by atoms with Gasteiger partial charge in [-0.3, -0.25) is 4.79 Å². The summed E-state index contributed by atoms with van der Waals surface area (Å²) in [7, 11) is 0. The fourth-order valence-corrected chi connectivity index (χ4v) is 1.92. The Balaban J connectivity index is 3.02. The number of benzene rings is 1. The molecule has 0 bridgehead atoms. The van der Waals surface area contributed by atoms with E-state index in [0.717, 1.165) is 29.7 Å². The first-order chi connectivity index (χ1) is 6.66. The van der Waals surface area contributed by atoms with Gasteiger partial charge in [0.1, 0.15) is 0 Å². The Labute approximate surface area is 95.7 Å². The minimum atomic E-state index is -0.174. The Kier molecular flexibility index (Phi) is 4.55. The van der Waals surface area contributed by atoms with E-state index in [0.29, 0.717) is 5.56 Å². The van der Waals surface area contributed by atoms with Gasteiger partial charge in [0.05, 0.1) is 0 Å². The summed E-state index contributed by atoms with van der Waals surface area (Å²) in [6.45, 7) is 2.13. The molecule has 0 radical (unpaired) electrons. The van der Waals surface area contributed by atoms with E-state index < -0.39 is 0 Å². The summed E-state index contributed by atoms with van der Waals surface area (Å²) in [6.07, 6.45) is 3.09. The van der Waals surface area contributed by atoms with Gasteiger partial charge in [-0.25, -0.2) is 0 Å². The van der Waals surface area contributed by atoms with Crippen molar-refractivity contribution in [2.24, 2.45) is 0 Å². The highest BCUT2D eigenvalue weighted by molar-refractivity contribution is 7.97. The fourth-order valence-electron chi connectivity index (χ4n) is 1.39. The molecule has 0 unspecified atom stereocenters. The molecule has 0 saturated carbocycles. The molecule has 0 spiro atoms. The van der Waals surface area contributed by atoms with Crippen molar-refractivity contribution in [3.63, 3.8) is 0 Å². The van der Waals surface area contributed by atoms with Crippen LogP contribution in [0.2, 0.25) is 0 Å². The summed E-state index contributed by atoms with van der Waals surface area (Å²) in [5.74, 6) is 0. The van der Waals surface area contributed by atoms with E-state index in [-0.39, 0.29) is 5.12 Å². The Morgan fingerprint density at radius 3 is 2.71 bits per heavy atom. The summed E-state index contributed by atoms with van der Waals surface area (Å²) in [5, 5.41) is -0.174. The van der Waals surface area contributed by atoms with Crippen LogP contribution in [0.1, 0.15) is 35.7 Å². The van der Waals surface area contributed by atoms with E-state index in [2.05, 4.69) is 32.2 Å². The van der Waals surface area contributed by atoms with Crippen molar-refractivity contribution in [2.45, 2.75) is 31.1 Å². The lowest BCUT2D eigenvalue weighted by Crippen LogP contribution is -1.99. The van der Waals surface area contributed by atoms with E-state index >= 15 is 0 Å². The van der Waals surface area contributed by atoms with Crippen LogP contribution in [0, 0.1) is 0 Å². The van der Waals surface area contributed by atoms with Gasteiger partial charge < -0.3 is 0 Å². The number of unbranched alkanes of at least 4 members (excludes halogenated alkanes) is 1. The maximum Gasteiger partial charge on any atom is 0.216 e. The maximum atomic E-state index is 11.2. The van der Waals surface area contributed by atoms with Crippen LogP contribution in [0.4, 0.5) is 0 Å². The minimum Gasteiger partial charge on any atom is -0.282 e. The molecule has 0 fully saturated rings. The molecule has 0 aliphatic carbocycles. The SMILES string of the molecule is CCCCc1c(S)cccc1C(=O)S. The molecule has 0 atom stereocenters. The average Bonchev–Trinajstić information content (AvgIpc) is 2.15. The molecular weight excluding hydrogens is 212 g/mol. The van der Waals surface area contributed by atoms with Crippen LogP contribution in [0.25, 0.3) is 0 Å². The second-order valence-electron chi connectivity index (χ2n) is 3.21. The average molecular weight is 226 g/mol. The molecule has 0 heterocycles. The smallest absolute Gasteiger partial charge is 0.216 e. The van der Waals surface area contributed by atoms with Crippen LogP contribution in [0.5, 0.6) is 0 Å². The Bertz CT molecular complexity index is 334. The predicted octanol–water partition coefficient (Wildman–Crippen LogP) is 3.39. The zero-order valence-electron chi connectivity index (χ0n) is 8.16. The second-order valence-corrected chi connectivity index (χ2v) is 4.10. The highest BCUT2D eigenvalue weighted by Gasteiger charge is 2.09. The maximum absolute atomic E-state index is 11.2. The van der Waals surface area contributed by atoms with E-state index in [1.807, 2.05) is 12.1 Å². The molecule has 0 saturated heterocycles. The molecule has 0 aliphatic heterocycles. The van der Waals surface area contributed by atoms with Gasteiger partial charge in [0.2, 0.25) is 5.12 Å². The van der Waals surface area contributed by atoms with Crippen molar-refractivity contribution in [3.8, 4) is 0 Å². The number of hydrogen-bond acceptors (Lipinski definition) is 2.